The largest absolute Gasteiger partial charge is 0.454 e. The first-order valence-electron chi connectivity index (χ1n) is 5.22. The summed E-state index contributed by atoms with van der Waals surface area (Å²) >= 11 is 6.74. The SMILES string of the molecule is O=c1cc(-c2cc(Br)c(Br)[nH]2)oc2ccccc12. The molecule has 0 amide bonds. The lowest BCUT2D eigenvalue weighted by Gasteiger charge is -2.00. The van der Waals surface area contributed by atoms with Gasteiger partial charge in [0.1, 0.15) is 5.58 Å². The Morgan fingerprint density at radius 3 is 2.61 bits per heavy atom. The van der Waals surface area contributed by atoms with Gasteiger partial charge in [0.15, 0.2) is 11.2 Å². The Bertz CT molecular complexity index is 770. The van der Waals surface area contributed by atoms with Crippen LogP contribution in [0.3, 0.4) is 0 Å². The molecule has 0 saturated carbocycles. The Balaban J connectivity index is 2.27. The number of aromatic amines is 1. The zero-order chi connectivity index (χ0) is 12.7. The number of benzene rings is 1. The van der Waals surface area contributed by atoms with Gasteiger partial charge in [0.2, 0.25) is 0 Å². The molecule has 0 radical (unpaired) electrons. The molecule has 2 aromatic heterocycles. The summed E-state index contributed by atoms with van der Waals surface area (Å²) in [6, 6.07) is 10.6. The lowest BCUT2D eigenvalue weighted by molar-refractivity contribution is 0.616. The fourth-order valence-corrected chi connectivity index (χ4v) is 2.43. The molecule has 0 aliphatic heterocycles. The third-order valence-corrected chi connectivity index (χ3v) is 4.41. The number of halogens is 2. The molecule has 2 heterocycles. The van der Waals surface area contributed by atoms with E-state index in [2.05, 4.69) is 36.8 Å². The third kappa shape index (κ3) is 1.93. The average molecular weight is 369 g/mol. The number of rotatable bonds is 1. The van der Waals surface area contributed by atoms with E-state index in [1.54, 1.807) is 12.1 Å². The molecule has 1 N–H and O–H groups in total. The van der Waals surface area contributed by atoms with Gasteiger partial charge < -0.3 is 9.40 Å². The molecular formula is C13H7Br2NO2. The number of aromatic nitrogens is 1. The summed E-state index contributed by atoms with van der Waals surface area (Å²) in [4.78, 5) is 15.1. The van der Waals surface area contributed by atoms with Gasteiger partial charge in [-0.25, -0.2) is 0 Å². The van der Waals surface area contributed by atoms with Crippen molar-refractivity contribution in [2.45, 2.75) is 0 Å². The maximum atomic E-state index is 12.0. The van der Waals surface area contributed by atoms with E-state index in [4.69, 9.17) is 4.42 Å². The van der Waals surface area contributed by atoms with E-state index in [9.17, 15) is 4.79 Å². The lowest BCUT2D eigenvalue weighted by Crippen LogP contribution is -1.99. The summed E-state index contributed by atoms with van der Waals surface area (Å²) in [7, 11) is 0. The number of nitrogens with one attached hydrogen (secondary N) is 1. The highest BCUT2D eigenvalue weighted by molar-refractivity contribution is 9.13. The highest BCUT2D eigenvalue weighted by atomic mass is 79.9. The molecule has 0 fully saturated rings. The number of hydrogen-bond acceptors (Lipinski definition) is 2. The van der Waals surface area contributed by atoms with E-state index in [0.717, 1.165) is 14.8 Å². The van der Waals surface area contributed by atoms with Gasteiger partial charge in [-0.05, 0) is 50.1 Å². The second-order valence-electron chi connectivity index (χ2n) is 3.82. The number of hydrogen-bond donors (Lipinski definition) is 1. The molecule has 3 aromatic rings. The second-order valence-corrected chi connectivity index (χ2v) is 5.46. The van der Waals surface area contributed by atoms with Crippen molar-refractivity contribution in [2.24, 2.45) is 0 Å². The van der Waals surface area contributed by atoms with Gasteiger partial charge in [0.05, 0.1) is 20.2 Å². The molecule has 0 aliphatic rings. The van der Waals surface area contributed by atoms with Crippen LogP contribution in [-0.2, 0) is 0 Å². The van der Waals surface area contributed by atoms with Crippen LogP contribution in [0.25, 0.3) is 22.4 Å². The minimum absolute atomic E-state index is 0.0475. The summed E-state index contributed by atoms with van der Waals surface area (Å²) in [5.74, 6) is 0.519. The van der Waals surface area contributed by atoms with Gasteiger partial charge in [-0.2, -0.15) is 0 Å². The van der Waals surface area contributed by atoms with Gasteiger partial charge in [-0.1, -0.05) is 12.1 Å². The molecule has 18 heavy (non-hydrogen) atoms. The van der Waals surface area contributed by atoms with Crippen LogP contribution in [0, 0.1) is 0 Å². The highest BCUT2D eigenvalue weighted by Gasteiger charge is 2.10. The standard InChI is InChI=1S/C13H7Br2NO2/c14-8-5-9(16-13(8)15)12-6-10(17)7-3-1-2-4-11(7)18-12/h1-6,16H. The minimum Gasteiger partial charge on any atom is -0.454 e. The quantitative estimate of drug-likeness (QED) is 0.695. The second kappa shape index (κ2) is 4.40. The zero-order valence-electron chi connectivity index (χ0n) is 9.04. The number of fused-ring (bicyclic) bond motifs is 1. The summed E-state index contributed by atoms with van der Waals surface area (Å²) in [5.41, 5.74) is 1.28. The van der Waals surface area contributed by atoms with E-state index in [1.807, 2.05) is 18.2 Å². The Morgan fingerprint density at radius 2 is 1.89 bits per heavy atom. The van der Waals surface area contributed by atoms with Crippen molar-refractivity contribution in [3.8, 4) is 11.5 Å². The van der Waals surface area contributed by atoms with Crippen LogP contribution in [0.15, 0.2) is 54.7 Å². The van der Waals surface area contributed by atoms with Crippen molar-refractivity contribution < 1.29 is 4.42 Å². The zero-order valence-corrected chi connectivity index (χ0v) is 12.2. The first kappa shape index (κ1) is 11.7. The van der Waals surface area contributed by atoms with Crippen LogP contribution < -0.4 is 5.43 Å². The van der Waals surface area contributed by atoms with Crippen LogP contribution in [0.2, 0.25) is 0 Å². The Morgan fingerprint density at radius 1 is 1.11 bits per heavy atom. The van der Waals surface area contributed by atoms with Crippen molar-refractivity contribution in [3.63, 3.8) is 0 Å². The van der Waals surface area contributed by atoms with E-state index in [0.29, 0.717) is 16.7 Å². The van der Waals surface area contributed by atoms with E-state index < -0.39 is 0 Å². The molecule has 0 atom stereocenters. The molecular weight excluding hydrogens is 362 g/mol. The molecule has 0 bridgehead atoms. The Labute approximate surface area is 119 Å². The van der Waals surface area contributed by atoms with Gasteiger partial charge in [0, 0.05) is 6.07 Å². The fraction of sp³-hybridized carbons (Fsp3) is 0. The molecule has 1 aromatic carbocycles. The summed E-state index contributed by atoms with van der Waals surface area (Å²) in [5, 5.41) is 0.589. The lowest BCUT2D eigenvalue weighted by atomic mass is 10.2. The summed E-state index contributed by atoms with van der Waals surface area (Å²) in [6.45, 7) is 0. The first-order chi connectivity index (χ1) is 8.65. The normalized spacial score (nSPS) is 11.0. The predicted octanol–water partition coefficient (Wildman–Crippen LogP) is 4.31. The Hall–Kier alpha value is -1.33. The summed E-state index contributed by atoms with van der Waals surface area (Å²) < 4.78 is 7.42. The van der Waals surface area contributed by atoms with Gasteiger partial charge >= 0.3 is 0 Å². The maximum absolute atomic E-state index is 12.0. The molecule has 5 heteroatoms. The van der Waals surface area contributed by atoms with Gasteiger partial charge in [-0.3, -0.25) is 4.79 Å². The predicted molar refractivity (Wildman–Crippen MR) is 77.7 cm³/mol. The van der Waals surface area contributed by atoms with E-state index >= 15 is 0 Å². The number of H-pyrrole nitrogens is 1. The van der Waals surface area contributed by atoms with Gasteiger partial charge in [-0.15, -0.1) is 0 Å². The Kier molecular flexibility index (Phi) is 2.87. The van der Waals surface area contributed by atoms with Crippen LogP contribution >= 0.6 is 31.9 Å². The van der Waals surface area contributed by atoms with E-state index in [-0.39, 0.29) is 5.43 Å². The highest BCUT2D eigenvalue weighted by Crippen LogP contribution is 2.29. The van der Waals surface area contributed by atoms with Crippen molar-refractivity contribution >= 4 is 42.8 Å². The monoisotopic (exact) mass is 367 g/mol. The molecule has 0 saturated heterocycles. The molecule has 3 nitrogen and oxygen atoms in total. The fourth-order valence-electron chi connectivity index (χ4n) is 1.77. The summed E-state index contributed by atoms with van der Waals surface area (Å²) in [6.07, 6.45) is 0. The van der Waals surface area contributed by atoms with Crippen LogP contribution in [0.5, 0.6) is 0 Å². The third-order valence-electron chi connectivity index (χ3n) is 2.63. The molecule has 90 valence electrons. The molecule has 0 unspecified atom stereocenters. The first-order valence-corrected chi connectivity index (χ1v) is 6.81. The molecule has 0 spiro atoms. The van der Waals surface area contributed by atoms with Crippen LogP contribution in [-0.4, -0.2) is 4.98 Å². The maximum Gasteiger partial charge on any atom is 0.193 e. The van der Waals surface area contributed by atoms with Crippen molar-refractivity contribution in [1.82, 2.24) is 4.98 Å². The number of para-hydroxylation sites is 1. The molecule has 0 aliphatic carbocycles. The van der Waals surface area contributed by atoms with Crippen molar-refractivity contribution in [2.75, 3.05) is 0 Å². The van der Waals surface area contributed by atoms with Crippen LogP contribution in [0.4, 0.5) is 0 Å². The smallest absolute Gasteiger partial charge is 0.193 e. The van der Waals surface area contributed by atoms with Crippen LogP contribution in [0.1, 0.15) is 0 Å². The topological polar surface area (TPSA) is 46.0 Å². The average Bonchev–Trinajstić information content (AvgIpc) is 2.70. The van der Waals surface area contributed by atoms with Crippen molar-refractivity contribution in [3.05, 3.63) is 55.7 Å². The van der Waals surface area contributed by atoms with Gasteiger partial charge in [0.25, 0.3) is 0 Å². The minimum atomic E-state index is -0.0475. The van der Waals surface area contributed by atoms with E-state index in [1.165, 1.54) is 6.07 Å². The van der Waals surface area contributed by atoms with Crippen molar-refractivity contribution in [1.29, 1.82) is 0 Å². The molecule has 3 rings (SSSR count).